The van der Waals surface area contributed by atoms with Gasteiger partial charge in [0.25, 0.3) is 0 Å². The van der Waals surface area contributed by atoms with Crippen molar-refractivity contribution in [3.05, 3.63) is 0 Å². The fourth-order valence-corrected chi connectivity index (χ4v) is 9.00. The monoisotopic (exact) mass is 225 g/mol. The van der Waals surface area contributed by atoms with Crippen molar-refractivity contribution in [2.45, 2.75) is 81.8 Å². The summed E-state index contributed by atoms with van der Waals surface area (Å²) < 4.78 is 0. The van der Waals surface area contributed by atoms with E-state index in [0.29, 0.717) is 11.1 Å². The summed E-state index contributed by atoms with van der Waals surface area (Å²) in [6, 6.07) is 1.07. The molecule has 0 bridgehead atoms. The molecule has 2 rings (SSSR count). The fraction of sp³-hybridized carbons (Fsp3) is 1.00. The molecule has 0 aromatic rings. The predicted octanol–water partition coefficient (Wildman–Crippen LogP) is 4.66. The molecule has 87 valence electrons. The third-order valence-corrected chi connectivity index (χ3v) is 9.93. The Labute approximate surface area is 95.4 Å². The molecule has 0 aromatic heterocycles. The molecule has 0 amide bonds. The van der Waals surface area contributed by atoms with Crippen LogP contribution in [-0.2, 0) is 4.80 Å². The van der Waals surface area contributed by atoms with Crippen LogP contribution in [0, 0.1) is 0 Å². The van der Waals surface area contributed by atoms with Gasteiger partial charge in [0.2, 0.25) is 8.32 Å². The van der Waals surface area contributed by atoms with E-state index in [1.54, 1.807) is 0 Å². The van der Waals surface area contributed by atoms with Crippen molar-refractivity contribution < 1.29 is 4.80 Å². The van der Waals surface area contributed by atoms with Crippen LogP contribution in [0.3, 0.4) is 0 Å². The highest BCUT2D eigenvalue weighted by Gasteiger charge is 2.49. The molecule has 0 aliphatic heterocycles. The van der Waals surface area contributed by atoms with Gasteiger partial charge in [-0.05, 0) is 17.1 Å². The Balaban J connectivity index is 2.06. The highest BCUT2D eigenvalue weighted by Crippen LogP contribution is 2.50. The SMILES string of the molecule is CCC[Si]([O])(C1CCCC1)C1CCCC1. The van der Waals surface area contributed by atoms with Crippen molar-refractivity contribution in [1.82, 2.24) is 0 Å². The number of hydrogen-bond donors (Lipinski definition) is 0. The van der Waals surface area contributed by atoms with Crippen molar-refractivity contribution >= 4 is 8.32 Å². The molecular formula is C13H25OSi. The minimum Gasteiger partial charge on any atom is -0.297 e. The first-order valence-electron chi connectivity index (χ1n) is 6.98. The van der Waals surface area contributed by atoms with E-state index in [-0.39, 0.29) is 0 Å². The van der Waals surface area contributed by atoms with Crippen LogP contribution in [0.25, 0.3) is 0 Å². The van der Waals surface area contributed by atoms with Crippen LogP contribution in [0.4, 0.5) is 0 Å². The largest absolute Gasteiger partial charge is 0.297 e. The van der Waals surface area contributed by atoms with E-state index < -0.39 is 8.32 Å². The molecule has 1 nitrogen and oxygen atoms in total. The lowest BCUT2D eigenvalue weighted by atomic mass is 10.3. The smallest absolute Gasteiger partial charge is 0.243 e. The van der Waals surface area contributed by atoms with Crippen molar-refractivity contribution in [3.63, 3.8) is 0 Å². The van der Waals surface area contributed by atoms with Crippen LogP contribution in [0.15, 0.2) is 0 Å². The van der Waals surface area contributed by atoms with E-state index in [4.69, 9.17) is 0 Å². The molecule has 0 heterocycles. The first kappa shape index (κ1) is 11.7. The lowest BCUT2D eigenvalue weighted by Crippen LogP contribution is -2.42. The molecule has 2 fully saturated rings. The van der Waals surface area contributed by atoms with Crippen LogP contribution in [0.1, 0.15) is 64.7 Å². The van der Waals surface area contributed by atoms with Gasteiger partial charge in [0.1, 0.15) is 0 Å². The summed E-state index contributed by atoms with van der Waals surface area (Å²) in [6.07, 6.45) is 11.7. The minimum atomic E-state index is -2.13. The Morgan fingerprint density at radius 1 is 0.933 bits per heavy atom. The Morgan fingerprint density at radius 3 is 1.67 bits per heavy atom. The normalized spacial score (nSPS) is 25.2. The summed E-state index contributed by atoms with van der Waals surface area (Å²) >= 11 is 0. The molecule has 1 radical (unpaired) electrons. The second-order valence-electron chi connectivity index (χ2n) is 5.67. The van der Waals surface area contributed by atoms with E-state index in [0.717, 1.165) is 12.5 Å². The Kier molecular flexibility index (Phi) is 3.89. The molecule has 0 saturated heterocycles. The third kappa shape index (κ3) is 2.31. The van der Waals surface area contributed by atoms with Crippen molar-refractivity contribution in [2.75, 3.05) is 0 Å². The lowest BCUT2D eigenvalue weighted by Gasteiger charge is -2.34. The van der Waals surface area contributed by atoms with Crippen LogP contribution >= 0.6 is 0 Å². The van der Waals surface area contributed by atoms with Crippen LogP contribution in [-0.4, -0.2) is 8.32 Å². The van der Waals surface area contributed by atoms with Crippen LogP contribution in [0.5, 0.6) is 0 Å². The highest BCUT2D eigenvalue weighted by molar-refractivity contribution is 6.75. The second kappa shape index (κ2) is 5.01. The standard InChI is InChI=1S/C13H25OSi/c1-2-11-15(14,12-7-3-4-8-12)13-9-5-6-10-13/h12-13H,2-11H2,1H3. The van der Waals surface area contributed by atoms with Gasteiger partial charge >= 0.3 is 0 Å². The molecule has 2 saturated carbocycles. The van der Waals surface area contributed by atoms with E-state index >= 15 is 0 Å². The molecule has 0 spiro atoms. The molecule has 0 N–H and O–H groups in total. The molecule has 15 heavy (non-hydrogen) atoms. The lowest BCUT2D eigenvalue weighted by molar-refractivity contribution is 0.371. The first-order chi connectivity index (χ1) is 7.27. The minimum absolute atomic E-state index is 0.653. The van der Waals surface area contributed by atoms with Gasteiger partial charge in [-0.15, -0.1) is 0 Å². The maximum Gasteiger partial charge on any atom is 0.243 e. The van der Waals surface area contributed by atoms with Gasteiger partial charge < -0.3 is 0 Å². The predicted molar refractivity (Wildman–Crippen MR) is 66.0 cm³/mol. The molecule has 0 atom stereocenters. The zero-order valence-corrected chi connectivity index (χ0v) is 11.1. The van der Waals surface area contributed by atoms with Gasteiger partial charge in [-0.3, -0.25) is 4.80 Å². The van der Waals surface area contributed by atoms with E-state index in [2.05, 4.69) is 6.92 Å². The maximum absolute atomic E-state index is 13.2. The zero-order valence-electron chi connectivity index (χ0n) is 10.1. The van der Waals surface area contributed by atoms with Crippen molar-refractivity contribution in [3.8, 4) is 0 Å². The first-order valence-corrected chi connectivity index (χ1v) is 9.25. The molecule has 0 aromatic carbocycles. The molecule has 2 heteroatoms. The fourth-order valence-electron chi connectivity index (χ4n) is 3.96. The molecule has 2 aliphatic rings. The summed E-state index contributed by atoms with van der Waals surface area (Å²) in [5, 5.41) is 0. The maximum atomic E-state index is 13.2. The van der Waals surface area contributed by atoms with Gasteiger partial charge in [-0.25, -0.2) is 0 Å². The molecule has 0 unspecified atom stereocenters. The van der Waals surface area contributed by atoms with E-state index in [1.165, 1.54) is 51.4 Å². The summed E-state index contributed by atoms with van der Waals surface area (Å²) in [4.78, 5) is 13.2. The van der Waals surface area contributed by atoms with Gasteiger partial charge in [-0.1, -0.05) is 64.7 Å². The van der Waals surface area contributed by atoms with Crippen LogP contribution in [0.2, 0.25) is 17.1 Å². The van der Waals surface area contributed by atoms with Gasteiger partial charge in [0, 0.05) is 0 Å². The van der Waals surface area contributed by atoms with E-state index in [1.807, 2.05) is 0 Å². The summed E-state index contributed by atoms with van der Waals surface area (Å²) in [6.45, 7) is 2.21. The van der Waals surface area contributed by atoms with Gasteiger partial charge in [-0.2, -0.15) is 0 Å². The Bertz CT molecular complexity index is 177. The average molecular weight is 225 g/mol. The summed E-state index contributed by atoms with van der Waals surface area (Å²) in [5.41, 5.74) is 1.31. The summed E-state index contributed by atoms with van der Waals surface area (Å²) in [7, 11) is -2.13. The topological polar surface area (TPSA) is 19.9 Å². The van der Waals surface area contributed by atoms with Crippen molar-refractivity contribution in [1.29, 1.82) is 0 Å². The Morgan fingerprint density at radius 2 is 1.33 bits per heavy atom. The molecule has 2 aliphatic carbocycles. The Hall–Kier alpha value is 0.177. The van der Waals surface area contributed by atoms with E-state index in [9.17, 15) is 4.80 Å². The number of rotatable bonds is 4. The number of hydrogen-bond acceptors (Lipinski definition) is 0. The third-order valence-electron chi connectivity index (χ3n) is 4.73. The molecular weight excluding hydrogens is 200 g/mol. The van der Waals surface area contributed by atoms with Crippen LogP contribution < -0.4 is 0 Å². The zero-order chi connectivity index (χ0) is 10.7. The van der Waals surface area contributed by atoms with Crippen molar-refractivity contribution in [2.24, 2.45) is 0 Å². The highest BCUT2D eigenvalue weighted by atomic mass is 28.4. The average Bonchev–Trinajstić information content (AvgIpc) is 2.92. The summed E-state index contributed by atoms with van der Waals surface area (Å²) in [5.74, 6) is 0. The van der Waals surface area contributed by atoms with Gasteiger partial charge in [0.05, 0.1) is 0 Å². The van der Waals surface area contributed by atoms with Gasteiger partial charge in [0.15, 0.2) is 0 Å². The second-order valence-corrected chi connectivity index (χ2v) is 9.71. The quantitative estimate of drug-likeness (QED) is 0.620.